The number of aliphatic hydroxyl groups excluding tert-OH is 3. The molecule has 1 unspecified atom stereocenters. The number of nitrogens with one attached hydrogen (secondary N) is 1. The maximum Gasteiger partial charge on any atom is 0.220 e. The van der Waals surface area contributed by atoms with Crippen LogP contribution in [0.1, 0.15) is 194 Å². The lowest BCUT2D eigenvalue weighted by molar-refractivity contribution is -0.124. The van der Waals surface area contributed by atoms with Crippen molar-refractivity contribution in [3.8, 4) is 0 Å². The van der Waals surface area contributed by atoms with Gasteiger partial charge in [0.1, 0.15) is 6.10 Å². The van der Waals surface area contributed by atoms with Crippen LogP contribution in [0.5, 0.6) is 0 Å². The maximum atomic E-state index is 12.3. The lowest BCUT2D eigenvalue weighted by atomic mass is 9.99. The molecular formula is C35H71NO4. The highest BCUT2D eigenvalue weighted by Crippen LogP contribution is 2.16. The molecule has 0 rings (SSSR count). The summed E-state index contributed by atoms with van der Waals surface area (Å²) in [7, 11) is 0. The zero-order valence-corrected chi connectivity index (χ0v) is 27.0. The van der Waals surface area contributed by atoms with Crippen molar-refractivity contribution in [1.82, 2.24) is 5.32 Å². The Balaban J connectivity index is 3.68. The highest BCUT2D eigenvalue weighted by Gasteiger charge is 2.26. The van der Waals surface area contributed by atoms with Crippen molar-refractivity contribution >= 4 is 5.91 Å². The summed E-state index contributed by atoms with van der Waals surface area (Å²) in [5.74, 6) is -0.144. The molecule has 1 amide bonds. The van der Waals surface area contributed by atoms with E-state index in [0.717, 1.165) is 38.5 Å². The average molecular weight is 570 g/mol. The number of hydrogen-bond acceptors (Lipinski definition) is 4. The van der Waals surface area contributed by atoms with Crippen LogP contribution in [-0.2, 0) is 4.79 Å². The van der Waals surface area contributed by atoms with Crippen LogP contribution in [0.3, 0.4) is 0 Å². The number of aliphatic hydroxyl groups is 3. The summed E-state index contributed by atoms with van der Waals surface area (Å²) in [6.07, 6.45) is 31.9. The quantitative estimate of drug-likeness (QED) is 0.0608. The van der Waals surface area contributed by atoms with Gasteiger partial charge in [-0.25, -0.2) is 0 Å². The molecule has 5 heteroatoms. The average Bonchev–Trinajstić information content (AvgIpc) is 2.96. The molecular weight excluding hydrogens is 498 g/mol. The van der Waals surface area contributed by atoms with Crippen molar-refractivity contribution in [2.24, 2.45) is 0 Å². The van der Waals surface area contributed by atoms with Crippen LogP contribution < -0.4 is 5.32 Å². The summed E-state index contributed by atoms with van der Waals surface area (Å²) in [5.41, 5.74) is 0. The molecule has 0 saturated heterocycles. The predicted molar refractivity (Wildman–Crippen MR) is 172 cm³/mol. The van der Waals surface area contributed by atoms with Crippen LogP contribution >= 0.6 is 0 Å². The minimum absolute atomic E-state index is 0.144. The zero-order chi connectivity index (χ0) is 29.5. The number of hydrogen-bond donors (Lipinski definition) is 4. The molecule has 0 aliphatic carbocycles. The molecule has 40 heavy (non-hydrogen) atoms. The van der Waals surface area contributed by atoms with E-state index in [2.05, 4.69) is 19.2 Å². The van der Waals surface area contributed by atoms with E-state index in [9.17, 15) is 20.1 Å². The molecule has 0 aliphatic rings. The summed E-state index contributed by atoms with van der Waals surface area (Å²) in [4.78, 5) is 12.3. The Morgan fingerprint density at radius 2 is 0.850 bits per heavy atom. The van der Waals surface area contributed by atoms with E-state index in [4.69, 9.17) is 0 Å². The van der Waals surface area contributed by atoms with Crippen molar-refractivity contribution in [1.29, 1.82) is 0 Å². The second kappa shape index (κ2) is 31.3. The minimum Gasteiger partial charge on any atom is -0.394 e. The Labute approximate surface area is 249 Å². The molecule has 0 aliphatic heterocycles. The Hall–Kier alpha value is -0.650. The van der Waals surface area contributed by atoms with Gasteiger partial charge in [0.05, 0.1) is 18.8 Å². The Morgan fingerprint density at radius 3 is 1.20 bits per heavy atom. The van der Waals surface area contributed by atoms with Gasteiger partial charge in [-0.15, -0.1) is 0 Å². The van der Waals surface area contributed by atoms with Gasteiger partial charge < -0.3 is 20.6 Å². The van der Waals surface area contributed by atoms with Gasteiger partial charge in [0, 0.05) is 6.42 Å². The van der Waals surface area contributed by atoms with Gasteiger partial charge in [-0.3, -0.25) is 4.79 Å². The molecule has 0 spiro atoms. The number of carbonyl (C=O) groups excluding carboxylic acids is 1. The van der Waals surface area contributed by atoms with E-state index in [1.54, 1.807) is 0 Å². The van der Waals surface area contributed by atoms with Crippen molar-refractivity contribution < 1.29 is 20.1 Å². The van der Waals surface area contributed by atoms with Crippen LogP contribution in [0.25, 0.3) is 0 Å². The predicted octanol–water partition coefficient (Wildman–Crippen LogP) is 9.15. The highest BCUT2D eigenvalue weighted by molar-refractivity contribution is 5.76. The first-order chi connectivity index (χ1) is 19.6. The number of unbranched alkanes of at least 4 members (excludes halogenated alkanes) is 24. The van der Waals surface area contributed by atoms with E-state index in [0.29, 0.717) is 12.8 Å². The van der Waals surface area contributed by atoms with Crippen LogP contribution in [0.15, 0.2) is 0 Å². The molecule has 0 aromatic carbocycles. The van der Waals surface area contributed by atoms with Gasteiger partial charge >= 0.3 is 0 Å². The SMILES string of the molecule is CCCCCCCCCCCCCCCCC(=O)N[C@H](CO)[C@H](O)C(O)CCCCCCCCCCCCCC. The lowest BCUT2D eigenvalue weighted by Crippen LogP contribution is -2.50. The summed E-state index contributed by atoms with van der Waals surface area (Å²) >= 11 is 0. The van der Waals surface area contributed by atoms with Crippen molar-refractivity contribution in [3.63, 3.8) is 0 Å². The van der Waals surface area contributed by atoms with Gasteiger partial charge in [0.25, 0.3) is 0 Å². The minimum atomic E-state index is -1.13. The van der Waals surface area contributed by atoms with E-state index >= 15 is 0 Å². The Bertz CT molecular complexity index is 516. The second-order valence-electron chi connectivity index (χ2n) is 12.4. The van der Waals surface area contributed by atoms with Crippen molar-refractivity contribution in [2.75, 3.05) is 6.61 Å². The molecule has 0 fully saturated rings. The van der Waals surface area contributed by atoms with E-state index in [-0.39, 0.29) is 12.5 Å². The van der Waals surface area contributed by atoms with Gasteiger partial charge in [-0.2, -0.15) is 0 Å². The lowest BCUT2D eigenvalue weighted by Gasteiger charge is -2.26. The summed E-state index contributed by atoms with van der Waals surface area (Å²) in [6, 6.07) is -0.800. The van der Waals surface area contributed by atoms with Crippen LogP contribution in [0.4, 0.5) is 0 Å². The zero-order valence-electron chi connectivity index (χ0n) is 27.0. The first kappa shape index (κ1) is 39.4. The third-order valence-electron chi connectivity index (χ3n) is 8.46. The third kappa shape index (κ3) is 26.3. The molecule has 3 atom stereocenters. The summed E-state index contributed by atoms with van der Waals surface area (Å²) in [5, 5.41) is 33.3. The Kier molecular flexibility index (Phi) is 30.8. The highest BCUT2D eigenvalue weighted by atomic mass is 16.3. The van der Waals surface area contributed by atoms with E-state index in [1.165, 1.54) is 128 Å². The molecule has 4 N–H and O–H groups in total. The second-order valence-corrected chi connectivity index (χ2v) is 12.4. The van der Waals surface area contributed by atoms with Crippen LogP contribution in [-0.4, -0.2) is 46.1 Å². The number of carbonyl (C=O) groups is 1. The molecule has 0 bridgehead atoms. The number of rotatable bonds is 32. The van der Waals surface area contributed by atoms with Crippen LogP contribution in [0, 0.1) is 0 Å². The molecule has 0 aromatic heterocycles. The molecule has 0 aromatic rings. The monoisotopic (exact) mass is 570 g/mol. The smallest absolute Gasteiger partial charge is 0.220 e. The molecule has 5 nitrogen and oxygen atoms in total. The van der Waals surface area contributed by atoms with E-state index in [1.807, 2.05) is 0 Å². The molecule has 0 radical (unpaired) electrons. The topological polar surface area (TPSA) is 89.8 Å². The first-order valence-electron chi connectivity index (χ1n) is 17.8. The molecule has 240 valence electrons. The first-order valence-corrected chi connectivity index (χ1v) is 17.8. The standard InChI is InChI=1S/C35H71NO4/c1-3-5-7-9-11-13-15-17-18-20-22-24-26-28-30-34(39)36-32(31-37)35(40)33(38)29-27-25-23-21-19-16-14-12-10-8-6-4-2/h32-33,35,37-38,40H,3-31H2,1-2H3,(H,36,39)/t32-,33?,35+/m1/s1. The van der Waals surface area contributed by atoms with Gasteiger partial charge in [0.2, 0.25) is 5.91 Å². The van der Waals surface area contributed by atoms with Gasteiger partial charge in [-0.1, -0.05) is 174 Å². The van der Waals surface area contributed by atoms with Crippen molar-refractivity contribution in [3.05, 3.63) is 0 Å². The largest absolute Gasteiger partial charge is 0.394 e. The van der Waals surface area contributed by atoms with Crippen molar-refractivity contribution in [2.45, 2.75) is 212 Å². The molecule has 0 heterocycles. The van der Waals surface area contributed by atoms with Gasteiger partial charge in [0.15, 0.2) is 0 Å². The fraction of sp³-hybridized carbons (Fsp3) is 0.971. The Morgan fingerprint density at radius 1 is 0.525 bits per heavy atom. The van der Waals surface area contributed by atoms with Crippen LogP contribution in [0.2, 0.25) is 0 Å². The summed E-state index contributed by atoms with van der Waals surface area (Å²) < 4.78 is 0. The fourth-order valence-electron chi connectivity index (χ4n) is 5.63. The summed E-state index contributed by atoms with van der Waals surface area (Å²) in [6.45, 7) is 4.16. The normalized spacial score (nSPS) is 13.8. The maximum absolute atomic E-state index is 12.3. The fourth-order valence-corrected chi connectivity index (χ4v) is 5.63. The van der Waals surface area contributed by atoms with Gasteiger partial charge in [-0.05, 0) is 12.8 Å². The number of amides is 1. The third-order valence-corrected chi connectivity index (χ3v) is 8.46. The van der Waals surface area contributed by atoms with E-state index < -0.39 is 18.2 Å². The molecule has 0 saturated carbocycles.